The van der Waals surface area contributed by atoms with Crippen LogP contribution in [0.1, 0.15) is 28.2 Å². The maximum atomic E-state index is 4.73. The Morgan fingerprint density at radius 3 is 2.38 bits per heavy atom. The fourth-order valence-electron chi connectivity index (χ4n) is 0.655. The van der Waals surface area contributed by atoms with Gasteiger partial charge in [0.1, 0.15) is 0 Å². The van der Waals surface area contributed by atoms with Gasteiger partial charge in [0.15, 0.2) is 5.42 Å². The highest BCUT2D eigenvalue weighted by atomic mass is 16.5. The molecule has 0 saturated carbocycles. The van der Waals surface area contributed by atoms with Gasteiger partial charge in [0.25, 0.3) is 0 Å². The van der Waals surface area contributed by atoms with Gasteiger partial charge in [0, 0.05) is 5.22 Å². The van der Waals surface area contributed by atoms with Gasteiger partial charge in [0.2, 0.25) is 0 Å². The summed E-state index contributed by atoms with van der Waals surface area (Å²) >= 11 is 0. The zero-order valence-corrected chi connectivity index (χ0v) is 7.92. The number of allylic oxidation sites excluding steroid dienone is 1. The zero-order chi connectivity index (χ0) is 9.56. The van der Waals surface area contributed by atoms with Crippen LogP contribution in [0.25, 0.3) is 12.7 Å². The number of rotatable bonds is 1. The lowest BCUT2D eigenvalue weighted by molar-refractivity contribution is 0.395. The van der Waals surface area contributed by atoms with Crippen LogP contribution >= 0.6 is 0 Å². The molecule has 0 saturated heterocycles. The predicted molar refractivity (Wildman–Crippen MR) is 58.6 cm³/mol. The zero-order valence-electron chi connectivity index (χ0n) is 7.92. The van der Waals surface area contributed by atoms with Crippen LogP contribution in [0.4, 0.5) is 0 Å². The molecule has 0 aliphatic rings. The van der Waals surface area contributed by atoms with E-state index in [1.807, 2.05) is 26.8 Å². The summed E-state index contributed by atoms with van der Waals surface area (Å²) in [7, 11) is 0. The minimum Gasteiger partial charge on any atom is -0.357 e. The summed E-state index contributed by atoms with van der Waals surface area (Å²) < 4.78 is 4.73. The molecule has 1 heterocycles. The third kappa shape index (κ3) is 5.01. The van der Waals surface area contributed by atoms with Crippen molar-refractivity contribution in [1.82, 2.24) is 5.16 Å². The summed E-state index contributed by atoms with van der Waals surface area (Å²) in [5.74, 6) is 0. The van der Waals surface area contributed by atoms with Crippen LogP contribution in [-0.2, 0) is 0 Å². The Labute approximate surface area is 80.3 Å². The molecule has 0 spiro atoms. The highest BCUT2D eigenvalue weighted by Crippen LogP contribution is 1.84. The molecule has 0 aromatic carbocycles. The van der Waals surface area contributed by atoms with Crippen LogP contribution in [0, 0.1) is 0 Å². The van der Waals surface area contributed by atoms with Gasteiger partial charge in [-0.1, -0.05) is 45.2 Å². The van der Waals surface area contributed by atoms with Crippen LogP contribution in [-0.4, -0.2) is 5.16 Å². The highest BCUT2D eigenvalue weighted by molar-refractivity contribution is 5.42. The molecule has 2 nitrogen and oxygen atoms in total. The first-order valence-corrected chi connectivity index (χ1v) is 3.97. The van der Waals surface area contributed by atoms with Crippen LogP contribution in [0.15, 0.2) is 22.9 Å². The molecule has 0 bridgehead atoms. The molecule has 0 amide bonds. The minimum atomic E-state index is 0. The van der Waals surface area contributed by atoms with E-state index in [0.717, 1.165) is 10.8 Å². The first kappa shape index (κ1) is 14.2. The van der Waals surface area contributed by atoms with Crippen molar-refractivity contribution in [3.63, 3.8) is 0 Å². The van der Waals surface area contributed by atoms with Crippen molar-refractivity contribution >= 4 is 12.7 Å². The van der Waals surface area contributed by atoms with Crippen molar-refractivity contribution in [3.05, 3.63) is 29.0 Å². The van der Waals surface area contributed by atoms with Gasteiger partial charge in [-0.2, -0.15) is 0 Å². The van der Waals surface area contributed by atoms with Crippen molar-refractivity contribution in [2.45, 2.75) is 28.2 Å². The maximum absolute atomic E-state index is 4.73. The van der Waals surface area contributed by atoms with Crippen LogP contribution in [0.5, 0.6) is 0 Å². The van der Waals surface area contributed by atoms with E-state index < -0.39 is 0 Å². The van der Waals surface area contributed by atoms with Gasteiger partial charge in [-0.15, -0.1) is 0 Å². The van der Waals surface area contributed by atoms with Gasteiger partial charge in [0.05, 0.1) is 6.20 Å². The van der Waals surface area contributed by atoms with E-state index in [0.29, 0.717) is 5.42 Å². The lowest BCUT2D eigenvalue weighted by atomic mass is 10.3. The van der Waals surface area contributed by atoms with E-state index in [1.165, 1.54) is 0 Å². The summed E-state index contributed by atoms with van der Waals surface area (Å²) in [6, 6.07) is 0. The molecule has 0 atom stereocenters. The molecule has 1 rings (SSSR count). The summed E-state index contributed by atoms with van der Waals surface area (Å²) in [6.45, 7) is 13.3. The molecule has 2 heteroatoms. The Bertz CT molecular complexity index is 335. The fraction of sp³-hybridized carbons (Fsp3) is 0.364. The summed E-state index contributed by atoms with van der Waals surface area (Å²) in [6.07, 6.45) is 3.50. The molecule has 1 aromatic heterocycles. The van der Waals surface area contributed by atoms with Gasteiger partial charge >= 0.3 is 0 Å². The standard InChI is InChI=1S/C8H9NO.C2H6.CH4/c1-6(2)4-8-5-9-10-7(8)3;1-2;/h4-5H,1,3H2,2H3;1-2H3;1H4/b8-4-;;. The SMILES string of the molecule is C.C=C(C)/C=c1/cnoc1=C.CC. The molecule has 0 radical (unpaired) electrons. The monoisotopic (exact) mass is 181 g/mol. The third-order valence-electron chi connectivity index (χ3n) is 1.08. The smallest absolute Gasteiger partial charge is 0.159 e. The minimum absolute atomic E-state index is 0. The molecule has 13 heavy (non-hydrogen) atoms. The first-order valence-electron chi connectivity index (χ1n) is 3.97. The summed E-state index contributed by atoms with van der Waals surface area (Å²) in [4.78, 5) is 0. The normalized spacial score (nSPS) is 9.62. The lowest BCUT2D eigenvalue weighted by Crippen LogP contribution is -2.16. The molecule has 74 valence electrons. The second-order valence-electron chi connectivity index (χ2n) is 2.20. The first-order chi connectivity index (χ1) is 5.70. The quantitative estimate of drug-likeness (QED) is 0.663. The van der Waals surface area contributed by atoms with E-state index in [2.05, 4.69) is 18.3 Å². The fourth-order valence-corrected chi connectivity index (χ4v) is 0.655. The van der Waals surface area contributed by atoms with Crippen molar-refractivity contribution < 1.29 is 4.52 Å². The second-order valence-corrected chi connectivity index (χ2v) is 2.20. The van der Waals surface area contributed by atoms with E-state index in [1.54, 1.807) is 6.20 Å². The van der Waals surface area contributed by atoms with Crippen molar-refractivity contribution in [2.24, 2.45) is 0 Å². The molecular formula is C11H19NO. The Hall–Kier alpha value is -1.31. The van der Waals surface area contributed by atoms with Crippen LogP contribution in [0.2, 0.25) is 0 Å². The second kappa shape index (κ2) is 7.35. The maximum Gasteiger partial charge on any atom is 0.159 e. The lowest BCUT2D eigenvalue weighted by Gasteiger charge is -1.78. The van der Waals surface area contributed by atoms with Gasteiger partial charge in [-0.25, -0.2) is 0 Å². The van der Waals surface area contributed by atoms with Crippen molar-refractivity contribution in [3.8, 4) is 0 Å². The third-order valence-corrected chi connectivity index (χ3v) is 1.08. The molecule has 0 unspecified atom stereocenters. The molecule has 0 aliphatic heterocycles. The van der Waals surface area contributed by atoms with E-state index >= 15 is 0 Å². The number of hydrogen-bond donors (Lipinski definition) is 0. The van der Waals surface area contributed by atoms with E-state index in [-0.39, 0.29) is 7.43 Å². The van der Waals surface area contributed by atoms with Crippen LogP contribution < -0.4 is 10.6 Å². The predicted octanol–water partition coefficient (Wildman–Crippen LogP) is 2.10. The molecule has 0 N–H and O–H groups in total. The van der Waals surface area contributed by atoms with Gasteiger partial charge in [-0.05, 0) is 13.0 Å². The number of hydrogen-bond acceptors (Lipinski definition) is 2. The topological polar surface area (TPSA) is 26.0 Å². The summed E-state index contributed by atoms with van der Waals surface area (Å²) in [5, 5.41) is 4.46. The summed E-state index contributed by atoms with van der Waals surface area (Å²) in [5.41, 5.74) is 1.55. The van der Waals surface area contributed by atoms with E-state index in [9.17, 15) is 0 Å². The Kier molecular flexibility index (Phi) is 8.04. The Balaban J connectivity index is 0. The van der Waals surface area contributed by atoms with Gasteiger partial charge < -0.3 is 4.52 Å². The molecule has 1 aromatic rings. The van der Waals surface area contributed by atoms with Crippen molar-refractivity contribution in [1.29, 1.82) is 0 Å². The molecule has 0 fully saturated rings. The Morgan fingerprint density at radius 2 is 2.08 bits per heavy atom. The number of aromatic nitrogens is 1. The number of nitrogens with zero attached hydrogens (tertiary/aromatic N) is 1. The largest absolute Gasteiger partial charge is 0.357 e. The van der Waals surface area contributed by atoms with E-state index in [4.69, 9.17) is 4.52 Å². The van der Waals surface area contributed by atoms with Gasteiger partial charge in [-0.3, -0.25) is 0 Å². The molecule has 0 aliphatic carbocycles. The highest BCUT2D eigenvalue weighted by Gasteiger charge is 1.84. The average Bonchev–Trinajstić information content (AvgIpc) is 2.40. The molecular weight excluding hydrogens is 162 g/mol. The average molecular weight is 181 g/mol. The Morgan fingerprint density at radius 1 is 1.54 bits per heavy atom. The van der Waals surface area contributed by atoms with Crippen LogP contribution in [0.3, 0.4) is 0 Å². The van der Waals surface area contributed by atoms with Crippen molar-refractivity contribution in [2.75, 3.05) is 0 Å².